The zero-order valence-corrected chi connectivity index (χ0v) is 8.62. The quantitative estimate of drug-likeness (QED) is 0.825. The van der Waals surface area contributed by atoms with Gasteiger partial charge in [0.2, 0.25) is 5.91 Å². The third-order valence-electron chi connectivity index (χ3n) is 2.75. The van der Waals surface area contributed by atoms with Crippen molar-refractivity contribution in [3.8, 4) is 0 Å². The van der Waals surface area contributed by atoms with Crippen LogP contribution in [0.2, 0.25) is 0 Å². The van der Waals surface area contributed by atoms with Crippen LogP contribution in [-0.4, -0.2) is 19.0 Å². The van der Waals surface area contributed by atoms with Gasteiger partial charge in [0, 0.05) is 24.7 Å². The molecule has 1 aromatic rings. The Bertz CT molecular complexity index is 422. The SMILES string of the molecule is NCC1CC(=O)N(c2ccc(F)c(F)c2)C1. The molecule has 1 aliphatic rings. The van der Waals surface area contributed by atoms with Gasteiger partial charge in [-0.05, 0) is 24.6 Å². The first kappa shape index (κ1) is 11.0. The molecule has 1 fully saturated rings. The van der Waals surface area contributed by atoms with Crippen molar-refractivity contribution in [2.75, 3.05) is 18.0 Å². The highest BCUT2D eigenvalue weighted by Crippen LogP contribution is 2.25. The Hall–Kier alpha value is -1.49. The second-order valence-corrected chi connectivity index (χ2v) is 3.91. The Morgan fingerprint density at radius 1 is 1.38 bits per heavy atom. The monoisotopic (exact) mass is 226 g/mol. The van der Waals surface area contributed by atoms with Gasteiger partial charge in [0.1, 0.15) is 0 Å². The van der Waals surface area contributed by atoms with Crippen LogP contribution in [0.4, 0.5) is 14.5 Å². The van der Waals surface area contributed by atoms with Gasteiger partial charge in [0.15, 0.2) is 11.6 Å². The molecule has 0 spiro atoms. The second-order valence-electron chi connectivity index (χ2n) is 3.91. The summed E-state index contributed by atoms with van der Waals surface area (Å²) in [6.45, 7) is 0.895. The van der Waals surface area contributed by atoms with Gasteiger partial charge in [-0.25, -0.2) is 8.78 Å². The van der Waals surface area contributed by atoms with Gasteiger partial charge in [0.05, 0.1) is 0 Å². The molecule has 1 heterocycles. The van der Waals surface area contributed by atoms with Crippen molar-refractivity contribution < 1.29 is 13.6 Å². The first-order valence-corrected chi connectivity index (χ1v) is 5.07. The standard InChI is InChI=1S/C11H12F2N2O/c12-9-2-1-8(4-10(9)13)15-6-7(5-14)3-11(15)16/h1-2,4,7H,3,5-6,14H2. The van der Waals surface area contributed by atoms with Crippen LogP contribution in [0.25, 0.3) is 0 Å². The number of carbonyl (C=O) groups excluding carboxylic acids is 1. The smallest absolute Gasteiger partial charge is 0.227 e. The first-order chi connectivity index (χ1) is 7.61. The second kappa shape index (κ2) is 4.17. The van der Waals surface area contributed by atoms with E-state index in [0.29, 0.717) is 25.2 Å². The lowest BCUT2D eigenvalue weighted by atomic mass is 10.1. The predicted octanol–water partition coefficient (Wildman–Crippen LogP) is 1.28. The highest BCUT2D eigenvalue weighted by Gasteiger charge is 2.29. The Morgan fingerprint density at radius 2 is 2.12 bits per heavy atom. The molecule has 0 aliphatic carbocycles. The van der Waals surface area contributed by atoms with E-state index in [-0.39, 0.29) is 11.8 Å². The van der Waals surface area contributed by atoms with Crippen molar-refractivity contribution in [2.45, 2.75) is 6.42 Å². The van der Waals surface area contributed by atoms with Gasteiger partial charge in [-0.3, -0.25) is 4.79 Å². The molecule has 2 rings (SSSR count). The highest BCUT2D eigenvalue weighted by molar-refractivity contribution is 5.95. The maximum atomic E-state index is 13.0. The summed E-state index contributed by atoms with van der Waals surface area (Å²) in [6, 6.07) is 3.45. The van der Waals surface area contributed by atoms with Crippen LogP contribution < -0.4 is 10.6 Å². The van der Waals surface area contributed by atoms with E-state index in [1.165, 1.54) is 11.0 Å². The number of halogens is 2. The van der Waals surface area contributed by atoms with Crippen LogP contribution in [0.5, 0.6) is 0 Å². The Kier molecular flexibility index (Phi) is 2.87. The van der Waals surface area contributed by atoms with Crippen LogP contribution in [0.1, 0.15) is 6.42 Å². The molecular formula is C11H12F2N2O. The fourth-order valence-electron chi connectivity index (χ4n) is 1.84. The van der Waals surface area contributed by atoms with Crippen molar-refractivity contribution in [1.29, 1.82) is 0 Å². The molecule has 2 N–H and O–H groups in total. The summed E-state index contributed by atoms with van der Waals surface area (Å²) in [5.74, 6) is -1.85. The van der Waals surface area contributed by atoms with Gasteiger partial charge < -0.3 is 10.6 Å². The lowest BCUT2D eigenvalue weighted by Gasteiger charge is -2.16. The van der Waals surface area contributed by atoms with Gasteiger partial charge in [-0.2, -0.15) is 0 Å². The topological polar surface area (TPSA) is 46.3 Å². The molecule has 1 unspecified atom stereocenters. The van der Waals surface area contributed by atoms with E-state index in [4.69, 9.17) is 5.73 Å². The first-order valence-electron chi connectivity index (χ1n) is 5.07. The Labute approximate surface area is 91.8 Å². The minimum atomic E-state index is -0.943. The Balaban J connectivity index is 2.24. The third kappa shape index (κ3) is 1.90. The summed E-state index contributed by atoms with van der Waals surface area (Å²) in [5.41, 5.74) is 5.87. The summed E-state index contributed by atoms with van der Waals surface area (Å²) in [7, 11) is 0. The number of amides is 1. The maximum absolute atomic E-state index is 13.0. The van der Waals surface area contributed by atoms with Crippen molar-refractivity contribution in [1.82, 2.24) is 0 Å². The molecule has 0 bridgehead atoms. The number of anilines is 1. The minimum Gasteiger partial charge on any atom is -0.330 e. The van der Waals surface area contributed by atoms with E-state index in [9.17, 15) is 13.6 Å². The van der Waals surface area contributed by atoms with Crippen LogP contribution in [0, 0.1) is 17.6 Å². The number of hydrogen-bond acceptors (Lipinski definition) is 2. The van der Waals surface area contributed by atoms with E-state index >= 15 is 0 Å². The number of nitrogens with zero attached hydrogens (tertiary/aromatic N) is 1. The molecule has 0 aromatic heterocycles. The van der Waals surface area contributed by atoms with Crippen molar-refractivity contribution in [3.05, 3.63) is 29.8 Å². The molecule has 1 aromatic carbocycles. The fourth-order valence-corrected chi connectivity index (χ4v) is 1.84. The summed E-state index contributed by atoms with van der Waals surface area (Å²) in [4.78, 5) is 13.0. The summed E-state index contributed by atoms with van der Waals surface area (Å²) in [5, 5.41) is 0. The van der Waals surface area contributed by atoms with E-state index in [2.05, 4.69) is 0 Å². The molecule has 16 heavy (non-hydrogen) atoms. The molecule has 1 saturated heterocycles. The number of rotatable bonds is 2. The summed E-state index contributed by atoms with van der Waals surface area (Å²) in [6.07, 6.45) is 0.371. The molecule has 0 saturated carbocycles. The third-order valence-corrected chi connectivity index (χ3v) is 2.75. The van der Waals surface area contributed by atoms with Crippen molar-refractivity contribution in [2.24, 2.45) is 11.7 Å². The van der Waals surface area contributed by atoms with Crippen LogP contribution in [-0.2, 0) is 4.79 Å². The van der Waals surface area contributed by atoms with Gasteiger partial charge in [-0.15, -0.1) is 0 Å². The number of hydrogen-bond donors (Lipinski definition) is 1. The number of benzene rings is 1. The zero-order chi connectivity index (χ0) is 11.7. The lowest BCUT2D eigenvalue weighted by molar-refractivity contribution is -0.117. The summed E-state index contributed by atoms with van der Waals surface area (Å²) >= 11 is 0. The predicted molar refractivity (Wildman–Crippen MR) is 55.9 cm³/mol. The van der Waals surface area contributed by atoms with E-state index in [0.717, 1.165) is 12.1 Å². The highest BCUT2D eigenvalue weighted by atomic mass is 19.2. The number of carbonyl (C=O) groups is 1. The molecule has 86 valence electrons. The van der Waals surface area contributed by atoms with Crippen molar-refractivity contribution in [3.63, 3.8) is 0 Å². The van der Waals surface area contributed by atoms with Gasteiger partial charge >= 0.3 is 0 Å². The van der Waals surface area contributed by atoms with Crippen LogP contribution >= 0.6 is 0 Å². The van der Waals surface area contributed by atoms with Gasteiger partial charge in [-0.1, -0.05) is 0 Å². The minimum absolute atomic E-state index is 0.0959. The lowest BCUT2D eigenvalue weighted by Crippen LogP contribution is -2.25. The largest absolute Gasteiger partial charge is 0.330 e. The summed E-state index contributed by atoms with van der Waals surface area (Å²) < 4.78 is 25.7. The number of nitrogens with two attached hydrogens (primary N) is 1. The Morgan fingerprint density at radius 3 is 2.69 bits per heavy atom. The van der Waals surface area contributed by atoms with Crippen molar-refractivity contribution >= 4 is 11.6 Å². The average molecular weight is 226 g/mol. The van der Waals surface area contributed by atoms with Gasteiger partial charge in [0.25, 0.3) is 0 Å². The maximum Gasteiger partial charge on any atom is 0.227 e. The molecule has 0 radical (unpaired) electrons. The molecule has 1 atom stereocenters. The van der Waals surface area contributed by atoms with E-state index in [1.54, 1.807) is 0 Å². The average Bonchev–Trinajstić information content (AvgIpc) is 2.64. The van der Waals surface area contributed by atoms with Crippen LogP contribution in [0.15, 0.2) is 18.2 Å². The molecule has 1 amide bonds. The van der Waals surface area contributed by atoms with Crippen LogP contribution in [0.3, 0.4) is 0 Å². The van der Waals surface area contributed by atoms with E-state index in [1.807, 2.05) is 0 Å². The molecular weight excluding hydrogens is 214 g/mol. The molecule has 3 nitrogen and oxygen atoms in total. The fraction of sp³-hybridized carbons (Fsp3) is 0.364. The van der Waals surface area contributed by atoms with E-state index < -0.39 is 11.6 Å². The normalized spacial score (nSPS) is 20.6. The molecule has 5 heteroatoms. The zero-order valence-electron chi connectivity index (χ0n) is 8.62. The molecule has 1 aliphatic heterocycles.